The number of carbonyl (C=O) groups is 1. The Labute approximate surface area is 137 Å². The summed E-state index contributed by atoms with van der Waals surface area (Å²) in [5.74, 6) is 1.09. The Kier molecular flexibility index (Phi) is 6.78. The molecule has 1 amide bonds. The maximum atomic E-state index is 12.1. The van der Waals surface area contributed by atoms with E-state index in [1.54, 1.807) is 12.1 Å². The van der Waals surface area contributed by atoms with Gasteiger partial charge in [0.05, 0.1) is 11.1 Å². The Morgan fingerprint density at radius 1 is 1.38 bits per heavy atom. The summed E-state index contributed by atoms with van der Waals surface area (Å²) < 4.78 is 5.56. The van der Waals surface area contributed by atoms with Crippen LogP contribution in [0.15, 0.2) is 18.2 Å². The van der Waals surface area contributed by atoms with Crippen LogP contribution in [-0.2, 0) is 4.79 Å². The summed E-state index contributed by atoms with van der Waals surface area (Å²) in [7, 11) is 0. The van der Waals surface area contributed by atoms with Crippen molar-refractivity contribution in [1.29, 1.82) is 0 Å². The molecule has 21 heavy (non-hydrogen) atoms. The van der Waals surface area contributed by atoms with Gasteiger partial charge in [0, 0.05) is 11.6 Å². The predicted molar refractivity (Wildman–Crippen MR) is 88.6 cm³/mol. The van der Waals surface area contributed by atoms with Crippen molar-refractivity contribution in [2.75, 3.05) is 18.4 Å². The van der Waals surface area contributed by atoms with Gasteiger partial charge in [-0.3, -0.25) is 4.79 Å². The van der Waals surface area contributed by atoms with Crippen molar-refractivity contribution in [2.24, 2.45) is 11.8 Å². The van der Waals surface area contributed by atoms with Gasteiger partial charge in [-0.2, -0.15) is 0 Å². The highest BCUT2D eigenvalue weighted by Crippen LogP contribution is 2.29. The minimum atomic E-state index is 0. The molecule has 1 heterocycles. The normalized spacial score (nSPS) is 15.9. The van der Waals surface area contributed by atoms with E-state index in [0.29, 0.717) is 22.4 Å². The molecule has 1 aliphatic heterocycles. The van der Waals surface area contributed by atoms with Crippen LogP contribution in [0.25, 0.3) is 0 Å². The summed E-state index contributed by atoms with van der Waals surface area (Å²) in [4.78, 5) is 12.1. The van der Waals surface area contributed by atoms with Crippen molar-refractivity contribution >= 4 is 35.6 Å². The average Bonchev–Trinajstić information content (AvgIpc) is 2.30. The molecule has 2 N–H and O–H groups in total. The lowest BCUT2D eigenvalue weighted by Gasteiger charge is -2.31. The molecule has 1 atom stereocenters. The zero-order valence-corrected chi connectivity index (χ0v) is 14.1. The van der Waals surface area contributed by atoms with Crippen LogP contribution in [0.1, 0.15) is 20.8 Å². The molecular weight excluding hydrogens is 311 g/mol. The third-order valence-corrected chi connectivity index (χ3v) is 3.79. The summed E-state index contributed by atoms with van der Waals surface area (Å²) >= 11 is 6.15. The first-order valence-corrected chi connectivity index (χ1v) is 7.33. The number of carbonyl (C=O) groups excluding carboxylic acids is 1. The van der Waals surface area contributed by atoms with E-state index in [9.17, 15) is 4.79 Å². The molecule has 1 aliphatic rings. The maximum Gasteiger partial charge on any atom is 0.227 e. The van der Waals surface area contributed by atoms with Crippen LogP contribution in [0.4, 0.5) is 5.69 Å². The van der Waals surface area contributed by atoms with E-state index in [4.69, 9.17) is 16.3 Å². The van der Waals surface area contributed by atoms with Crippen LogP contribution >= 0.6 is 24.0 Å². The standard InChI is InChI=1S/C15H21ClN2O2.ClH/c1-9(2)20-14-5-4-12(6-13(14)16)18-15(19)10(3)11-7-17-8-11;/h4-6,9-11,17H,7-8H2,1-3H3,(H,18,19);1H. The van der Waals surface area contributed by atoms with Crippen molar-refractivity contribution in [1.82, 2.24) is 5.32 Å². The molecule has 118 valence electrons. The molecule has 2 rings (SSSR count). The summed E-state index contributed by atoms with van der Waals surface area (Å²) in [6.45, 7) is 7.67. The van der Waals surface area contributed by atoms with Crippen LogP contribution in [-0.4, -0.2) is 25.1 Å². The van der Waals surface area contributed by atoms with Gasteiger partial charge in [-0.15, -0.1) is 12.4 Å². The molecule has 1 aromatic rings. The van der Waals surface area contributed by atoms with E-state index in [1.165, 1.54) is 0 Å². The van der Waals surface area contributed by atoms with E-state index < -0.39 is 0 Å². The van der Waals surface area contributed by atoms with Crippen molar-refractivity contribution in [3.8, 4) is 5.75 Å². The van der Waals surface area contributed by atoms with Crippen molar-refractivity contribution < 1.29 is 9.53 Å². The van der Waals surface area contributed by atoms with Gasteiger partial charge >= 0.3 is 0 Å². The number of hydrogen-bond donors (Lipinski definition) is 2. The third kappa shape index (κ3) is 4.77. The van der Waals surface area contributed by atoms with Crippen LogP contribution in [0.5, 0.6) is 5.75 Å². The Morgan fingerprint density at radius 2 is 2.05 bits per heavy atom. The maximum absolute atomic E-state index is 12.1. The molecule has 0 saturated carbocycles. The number of amides is 1. The monoisotopic (exact) mass is 332 g/mol. The van der Waals surface area contributed by atoms with Gasteiger partial charge in [-0.25, -0.2) is 0 Å². The molecule has 0 aromatic heterocycles. The van der Waals surface area contributed by atoms with Crippen LogP contribution < -0.4 is 15.4 Å². The summed E-state index contributed by atoms with van der Waals surface area (Å²) in [6, 6.07) is 5.32. The third-order valence-electron chi connectivity index (χ3n) is 3.50. The average molecular weight is 333 g/mol. The Bertz CT molecular complexity index is 491. The summed E-state index contributed by atoms with van der Waals surface area (Å²) in [5, 5.41) is 6.59. The van der Waals surface area contributed by atoms with E-state index in [-0.39, 0.29) is 30.3 Å². The van der Waals surface area contributed by atoms with Crippen LogP contribution in [0.2, 0.25) is 5.02 Å². The molecule has 1 unspecified atom stereocenters. The van der Waals surface area contributed by atoms with Gasteiger partial charge in [0.2, 0.25) is 5.91 Å². The van der Waals surface area contributed by atoms with Gasteiger partial charge < -0.3 is 15.4 Å². The van der Waals surface area contributed by atoms with Crippen LogP contribution in [0, 0.1) is 11.8 Å². The van der Waals surface area contributed by atoms with E-state index >= 15 is 0 Å². The molecular formula is C15H22Cl2N2O2. The largest absolute Gasteiger partial charge is 0.489 e. The fourth-order valence-electron chi connectivity index (χ4n) is 2.06. The first kappa shape index (κ1) is 18.1. The number of anilines is 1. The first-order chi connectivity index (χ1) is 9.47. The second kappa shape index (κ2) is 7.87. The number of ether oxygens (including phenoxy) is 1. The fourth-order valence-corrected chi connectivity index (χ4v) is 2.29. The lowest BCUT2D eigenvalue weighted by Crippen LogP contribution is -2.48. The molecule has 0 bridgehead atoms. The number of halogens is 2. The zero-order chi connectivity index (χ0) is 14.7. The highest BCUT2D eigenvalue weighted by atomic mass is 35.5. The van der Waals surface area contributed by atoms with Gasteiger partial charge in [-0.05, 0) is 51.1 Å². The topological polar surface area (TPSA) is 50.4 Å². The Morgan fingerprint density at radius 3 is 2.52 bits per heavy atom. The smallest absolute Gasteiger partial charge is 0.227 e. The molecule has 6 heteroatoms. The Balaban J connectivity index is 0.00000220. The molecule has 1 fully saturated rings. The highest BCUT2D eigenvalue weighted by Gasteiger charge is 2.28. The summed E-state index contributed by atoms with van der Waals surface area (Å²) in [5.41, 5.74) is 0.704. The molecule has 0 radical (unpaired) electrons. The predicted octanol–water partition coefficient (Wildman–Crippen LogP) is 3.34. The second-order valence-electron chi connectivity index (χ2n) is 5.51. The van der Waals surface area contributed by atoms with Crippen molar-refractivity contribution in [3.63, 3.8) is 0 Å². The first-order valence-electron chi connectivity index (χ1n) is 6.95. The van der Waals surface area contributed by atoms with E-state index in [0.717, 1.165) is 13.1 Å². The molecule has 0 aliphatic carbocycles. The second-order valence-corrected chi connectivity index (χ2v) is 5.92. The number of rotatable bonds is 5. The molecule has 0 spiro atoms. The van der Waals surface area contributed by atoms with Gasteiger partial charge in [0.1, 0.15) is 5.75 Å². The van der Waals surface area contributed by atoms with Gasteiger partial charge in [0.25, 0.3) is 0 Å². The molecule has 1 saturated heterocycles. The molecule has 4 nitrogen and oxygen atoms in total. The number of nitrogens with one attached hydrogen (secondary N) is 2. The van der Waals surface area contributed by atoms with Gasteiger partial charge in [-0.1, -0.05) is 18.5 Å². The van der Waals surface area contributed by atoms with Gasteiger partial charge in [0.15, 0.2) is 0 Å². The number of hydrogen-bond acceptors (Lipinski definition) is 3. The van der Waals surface area contributed by atoms with E-state index in [2.05, 4.69) is 10.6 Å². The fraction of sp³-hybridized carbons (Fsp3) is 0.533. The quantitative estimate of drug-likeness (QED) is 0.869. The SMILES string of the molecule is CC(C)Oc1ccc(NC(=O)C(C)C2CNC2)cc1Cl.Cl. The minimum Gasteiger partial charge on any atom is -0.489 e. The van der Waals surface area contributed by atoms with E-state index in [1.807, 2.05) is 26.8 Å². The van der Waals surface area contributed by atoms with Crippen LogP contribution in [0.3, 0.4) is 0 Å². The highest BCUT2D eigenvalue weighted by molar-refractivity contribution is 6.32. The molecule has 1 aromatic carbocycles. The summed E-state index contributed by atoms with van der Waals surface area (Å²) in [6.07, 6.45) is 0.0686. The minimum absolute atomic E-state index is 0. The lowest BCUT2D eigenvalue weighted by atomic mass is 9.88. The van der Waals surface area contributed by atoms with Crippen molar-refractivity contribution in [3.05, 3.63) is 23.2 Å². The Hall–Kier alpha value is -0.970. The lowest BCUT2D eigenvalue weighted by molar-refractivity contribution is -0.121. The number of benzene rings is 1. The zero-order valence-electron chi connectivity index (χ0n) is 12.5. The van der Waals surface area contributed by atoms with Crippen molar-refractivity contribution in [2.45, 2.75) is 26.9 Å².